The lowest BCUT2D eigenvalue weighted by Crippen LogP contribution is -2.29. The molecule has 0 amide bonds. The Morgan fingerprint density at radius 3 is 2.50 bits per heavy atom. The van der Waals surface area contributed by atoms with Crippen LogP contribution in [0.15, 0.2) is 41.6 Å². The minimum absolute atomic E-state index is 0.0592. The standard InChI is InChI=1S/C16H15F2N3O3/c1-16(2,12-5-3-10(17)7-13(12)18)9-19-14-6-4-11(20-22)8-15(14)21(23)24/h3-8,19H,9H2,1-2H3. The molecule has 0 bridgehead atoms. The van der Waals surface area contributed by atoms with E-state index in [1.807, 2.05) is 0 Å². The SMILES string of the molecule is CC(C)(CNc1ccc(N=O)cc1[N+](=O)[O-])c1ccc(F)cc1F. The van der Waals surface area contributed by atoms with Crippen LogP contribution < -0.4 is 5.32 Å². The number of nitro groups is 1. The number of rotatable bonds is 6. The van der Waals surface area contributed by atoms with Crippen molar-refractivity contribution in [2.45, 2.75) is 19.3 Å². The second kappa shape index (κ2) is 6.69. The summed E-state index contributed by atoms with van der Waals surface area (Å²) in [6.07, 6.45) is 0. The molecule has 0 saturated carbocycles. The van der Waals surface area contributed by atoms with Gasteiger partial charge in [0.1, 0.15) is 23.0 Å². The molecule has 0 radical (unpaired) electrons. The van der Waals surface area contributed by atoms with E-state index in [0.29, 0.717) is 0 Å². The quantitative estimate of drug-likeness (QED) is 0.472. The van der Waals surface area contributed by atoms with Crippen LogP contribution in [0.25, 0.3) is 0 Å². The maximum atomic E-state index is 14.0. The first-order chi connectivity index (χ1) is 11.2. The van der Waals surface area contributed by atoms with Crippen molar-refractivity contribution in [2.75, 3.05) is 11.9 Å². The number of hydrogen-bond acceptors (Lipinski definition) is 5. The first-order valence-corrected chi connectivity index (χ1v) is 7.06. The van der Waals surface area contributed by atoms with Gasteiger partial charge in [0.2, 0.25) is 0 Å². The highest BCUT2D eigenvalue weighted by molar-refractivity contribution is 5.66. The summed E-state index contributed by atoms with van der Waals surface area (Å²) in [5.74, 6) is -1.36. The molecule has 0 aromatic heterocycles. The Morgan fingerprint density at radius 1 is 1.21 bits per heavy atom. The third kappa shape index (κ3) is 3.70. The Morgan fingerprint density at radius 2 is 1.92 bits per heavy atom. The van der Waals surface area contributed by atoms with Gasteiger partial charge in [-0.25, -0.2) is 8.78 Å². The highest BCUT2D eigenvalue weighted by Crippen LogP contribution is 2.32. The summed E-state index contributed by atoms with van der Waals surface area (Å²) >= 11 is 0. The fourth-order valence-electron chi connectivity index (χ4n) is 2.33. The molecule has 2 aromatic carbocycles. The third-order valence-corrected chi connectivity index (χ3v) is 3.66. The number of nitrogens with zero attached hydrogens (tertiary/aromatic N) is 2. The lowest BCUT2D eigenvalue weighted by molar-refractivity contribution is -0.383. The predicted molar refractivity (Wildman–Crippen MR) is 86.4 cm³/mol. The minimum Gasteiger partial charge on any atom is -0.379 e. The highest BCUT2D eigenvalue weighted by Gasteiger charge is 2.26. The van der Waals surface area contributed by atoms with E-state index in [0.717, 1.165) is 18.2 Å². The highest BCUT2D eigenvalue weighted by atomic mass is 19.1. The molecule has 1 N–H and O–H groups in total. The van der Waals surface area contributed by atoms with Crippen molar-refractivity contribution in [3.05, 3.63) is 68.6 Å². The lowest BCUT2D eigenvalue weighted by Gasteiger charge is -2.26. The van der Waals surface area contributed by atoms with Gasteiger partial charge in [0, 0.05) is 24.1 Å². The Bertz CT molecular complexity index is 794. The molecule has 2 rings (SSSR count). The summed E-state index contributed by atoms with van der Waals surface area (Å²) in [7, 11) is 0. The Balaban J connectivity index is 2.26. The number of benzene rings is 2. The number of hydrogen-bond donors (Lipinski definition) is 1. The average molecular weight is 335 g/mol. The van der Waals surface area contributed by atoms with Gasteiger partial charge in [-0.05, 0) is 28.9 Å². The first kappa shape index (κ1) is 17.5. The largest absolute Gasteiger partial charge is 0.379 e. The molecule has 0 heterocycles. The van der Waals surface area contributed by atoms with Gasteiger partial charge < -0.3 is 5.32 Å². The molecule has 0 spiro atoms. The summed E-state index contributed by atoms with van der Waals surface area (Å²) in [6, 6.07) is 7.07. The molecule has 0 aliphatic carbocycles. The van der Waals surface area contributed by atoms with Gasteiger partial charge in [-0.1, -0.05) is 19.9 Å². The van der Waals surface area contributed by atoms with Crippen molar-refractivity contribution in [3.8, 4) is 0 Å². The average Bonchev–Trinajstić information content (AvgIpc) is 2.52. The Hall–Kier alpha value is -2.90. The monoisotopic (exact) mass is 335 g/mol. The number of anilines is 1. The van der Waals surface area contributed by atoms with E-state index in [-0.39, 0.29) is 29.2 Å². The Labute approximate surface area is 136 Å². The van der Waals surface area contributed by atoms with Gasteiger partial charge in [0.05, 0.1) is 4.92 Å². The van der Waals surface area contributed by atoms with Crippen LogP contribution in [0, 0.1) is 26.7 Å². The first-order valence-electron chi connectivity index (χ1n) is 7.06. The molecular formula is C16H15F2N3O3. The van der Waals surface area contributed by atoms with Crippen LogP contribution in [-0.2, 0) is 5.41 Å². The molecular weight excluding hydrogens is 320 g/mol. The van der Waals surface area contributed by atoms with Crippen molar-refractivity contribution in [2.24, 2.45) is 5.18 Å². The molecule has 0 atom stereocenters. The fraction of sp³-hybridized carbons (Fsp3) is 0.250. The van der Waals surface area contributed by atoms with Crippen molar-refractivity contribution >= 4 is 17.1 Å². The van der Waals surface area contributed by atoms with E-state index in [1.54, 1.807) is 13.8 Å². The zero-order valence-corrected chi connectivity index (χ0v) is 13.0. The summed E-state index contributed by atoms with van der Waals surface area (Å²) in [5.41, 5.74) is -0.653. The molecule has 126 valence electrons. The van der Waals surface area contributed by atoms with Crippen LogP contribution >= 0.6 is 0 Å². The van der Waals surface area contributed by atoms with E-state index >= 15 is 0 Å². The number of nitroso groups, excluding NO2 is 1. The van der Waals surface area contributed by atoms with Crippen LogP contribution in [-0.4, -0.2) is 11.5 Å². The number of halogens is 2. The van der Waals surface area contributed by atoms with Gasteiger partial charge in [-0.15, -0.1) is 4.91 Å². The lowest BCUT2D eigenvalue weighted by atomic mass is 9.84. The van der Waals surface area contributed by atoms with E-state index < -0.39 is 22.0 Å². The van der Waals surface area contributed by atoms with Gasteiger partial charge in [0.25, 0.3) is 5.69 Å². The molecule has 24 heavy (non-hydrogen) atoms. The third-order valence-electron chi connectivity index (χ3n) is 3.66. The van der Waals surface area contributed by atoms with E-state index in [2.05, 4.69) is 10.5 Å². The van der Waals surface area contributed by atoms with E-state index in [9.17, 15) is 23.8 Å². The van der Waals surface area contributed by atoms with Gasteiger partial charge in [-0.3, -0.25) is 10.1 Å². The van der Waals surface area contributed by atoms with Gasteiger partial charge >= 0.3 is 0 Å². The van der Waals surface area contributed by atoms with Crippen LogP contribution in [0.2, 0.25) is 0 Å². The van der Waals surface area contributed by atoms with Crippen molar-refractivity contribution < 1.29 is 13.7 Å². The second-order valence-corrected chi connectivity index (χ2v) is 5.91. The van der Waals surface area contributed by atoms with Crippen molar-refractivity contribution in [1.29, 1.82) is 0 Å². The summed E-state index contributed by atoms with van der Waals surface area (Å²) in [4.78, 5) is 21.0. The topological polar surface area (TPSA) is 84.6 Å². The van der Waals surface area contributed by atoms with E-state index in [1.165, 1.54) is 18.2 Å². The van der Waals surface area contributed by atoms with Crippen molar-refractivity contribution in [3.63, 3.8) is 0 Å². The zero-order valence-electron chi connectivity index (χ0n) is 13.0. The van der Waals surface area contributed by atoms with E-state index in [4.69, 9.17) is 0 Å². The van der Waals surface area contributed by atoms with Crippen LogP contribution in [0.4, 0.5) is 25.8 Å². The molecule has 0 aliphatic rings. The van der Waals surface area contributed by atoms with Crippen LogP contribution in [0.3, 0.4) is 0 Å². The second-order valence-electron chi connectivity index (χ2n) is 5.91. The van der Waals surface area contributed by atoms with Gasteiger partial charge in [0.15, 0.2) is 0 Å². The van der Waals surface area contributed by atoms with Gasteiger partial charge in [-0.2, -0.15) is 0 Å². The molecule has 0 saturated heterocycles. The number of nitro benzene ring substituents is 1. The minimum atomic E-state index is -0.757. The smallest absolute Gasteiger partial charge is 0.294 e. The van der Waals surface area contributed by atoms with Crippen LogP contribution in [0.5, 0.6) is 0 Å². The predicted octanol–water partition coefficient (Wildman–Crippen LogP) is 4.66. The molecule has 0 aliphatic heterocycles. The Kier molecular flexibility index (Phi) is 4.87. The fourth-order valence-corrected chi connectivity index (χ4v) is 2.33. The van der Waals surface area contributed by atoms with Crippen molar-refractivity contribution in [1.82, 2.24) is 0 Å². The maximum absolute atomic E-state index is 14.0. The molecule has 6 nitrogen and oxygen atoms in total. The van der Waals surface area contributed by atoms with Crippen LogP contribution in [0.1, 0.15) is 19.4 Å². The zero-order chi connectivity index (χ0) is 17.9. The number of nitrogens with one attached hydrogen (secondary N) is 1. The molecule has 0 unspecified atom stereocenters. The normalized spacial score (nSPS) is 11.2. The summed E-state index contributed by atoms with van der Waals surface area (Å²) < 4.78 is 27.0. The molecule has 8 heteroatoms. The maximum Gasteiger partial charge on any atom is 0.294 e. The molecule has 0 fully saturated rings. The summed E-state index contributed by atoms with van der Waals surface area (Å²) in [6.45, 7) is 3.61. The summed E-state index contributed by atoms with van der Waals surface area (Å²) in [5, 5.41) is 16.6. The molecule has 2 aromatic rings.